The number of ether oxygens (including phenoxy) is 2. The normalized spacial score (nSPS) is 8.21. The van der Waals surface area contributed by atoms with Crippen molar-refractivity contribution in [3.63, 3.8) is 0 Å². The van der Waals surface area contributed by atoms with E-state index in [4.69, 9.17) is 19.4 Å². The summed E-state index contributed by atoms with van der Waals surface area (Å²) in [6.07, 6.45) is 0. The summed E-state index contributed by atoms with van der Waals surface area (Å²) in [5.41, 5.74) is 0. The molecule has 0 saturated heterocycles. The van der Waals surface area contributed by atoms with Gasteiger partial charge in [-0.2, -0.15) is 0 Å². The van der Waals surface area contributed by atoms with Crippen LogP contribution in [0.3, 0.4) is 0 Å². The quantitative estimate of drug-likeness (QED) is 0.787. The van der Waals surface area contributed by atoms with Crippen LogP contribution in [0.1, 0.15) is 6.92 Å². The number of hydrogen-bond donors (Lipinski definition) is 1. The topological polar surface area (TPSA) is 55.8 Å². The molecule has 0 saturated carbocycles. The van der Waals surface area contributed by atoms with Gasteiger partial charge in [0.25, 0.3) is 5.97 Å². The van der Waals surface area contributed by atoms with E-state index >= 15 is 0 Å². The fourth-order valence-corrected chi connectivity index (χ4v) is 0.787. The highest BCUT2D eigenvalue weighted by atomic mass is 16.5. The van der Waals surface area contributed by atoms with Crippen LogP contribution >= 0.6 is 0 Å². The van der Waals surface area contributed by atoms with E-state index in [1.165, 1.54) is 0 Å². The summed E-state index contributed by atoms with van der Waals surface area (Å²) in [6, 6.07) is 7.53. The Morgan fingerprint density at radius 3 is 1.64 bits per heavy atom. The van der Waals surface area contributed by atoms with Gasteiger partial charge in [-0.3, -0.25) is 4.79 Å². The molecule has 14 heavy (non-hydrogen) atoms. The number of hydrogen-bond acceptors (Lipinski definition) is 3. The van der Waals surface area contributed by atoms with Crippen LogP contribution in [0.4, 0.5) is 0 Å². The zero-order chi connectivity index (χ0) is 11.0. The zero-order valence-corrected chi connectivity index (χ0v) is 8.48. The molecule has 0 unspecified atom stereocenters. The highest BCUT2D eigenvalue weighted by Crippen LogP contribution is 2.24. The van der Waals surface area contributed by atoms with Gasteiger partial charge in [0.05, 0.1) is 14.2 Å². The Morgan fingerprint density at radius 2 is 1.43 bits per heavy atom. The molecule has 1 aromatic carbocycles. The van der Waals surface area contributed by atoms with Crippen molar-refractivity contribution in [2.24, 2.45) is 0 Å². The maximum Gasteiger partial charge on any atom is 0.300 e. The molecule has 1 N–H and O–H groups in total. The molecule has 0 aliphatic rings. The number of aliphatic carboxylic acids is 1. The Kier molecular flexibility index (Phi) is 5.94. The first-order chi connectivity index (χ1) is 6.61. The lowest BCUT2D eigenvalue weighted by atomic mass is 10.3. The molecule has 0 atom stereocenters. The van der Waals surface area contributed by atoms with Crippen LogP contribution < -0.4 is 9.47 Å². The molecule has 0 fully saturated rings. The van der Waals surface area contributed by atoms with Crippen molar-refractivity contribution in [1.29, 1.82) is 0 Å². The summed E-state index contributed by atoms with van der Waals surface area (Å²) >= 11 is 0. The van der Waals surface area contributed by atoms with Crippen molar-refractivity contribution in [1.82, 2.24) is 0 Å². The van der Waals surface area contributed by atoms with Gasteiger partial charge in [0.1, 0.15) is 0 Å². The van der Waals surface area contributed by atoms with Crippen molar-refractivity contribution >= 4 is 5.97 Å². The number of benzene rings is 1. The van der Waals surface area contributed by atoms with Crippen molar-refractivity contribution < 1.29 is 19.4 Å². The van der Waals surface area contributed by atoms with Gasteiger partial charge in [-0.1, -0.05) is 12.1 Å². The smallest absolute Gasteiger partial charge is 0.300 e. The van der Waals surface area contributed by atoms with Gasteiger partial charge >= 0.3 is 0 Å². The molecule has 1 rings (SSSR count). The van der Waals surface area contributed by atoms with Crippen LogP contribution in [0.2, 0.25) is 0 Å². The largest absolute Gasteiger partial charge is 0.493 e. The maximum absolute atomic E-state index is 9.00. The molecule has 0 radical (unpaired) electrons. The Bertz CT molecular complexity index is 256. The van der Waals surface area contributed by atoms with E-state index < -0.39 is 5.97 Å². The van der Waals surface area contributed by atoms with Crippen LogP contribution in [0.5, 0.6) is 11.5 Å². The Morgan fingerprint density at radius 1 is 1.14 bits per heavy atom. The lowest BCUT2D eigenvalue weighted by Gasteiger charge is -2.04. The van der Waals surface area contributed by atoms with Crippen LogP contribution in [-0.2, 0) is 4.79 Å². The first kappa shape index (κ1) is 12.3. The monoisotopic (exact) mass is 198 g/mol. The third-order valence-electron chi connectivity index (χ3n) is 1.29. The molecule has 0 bridgehead atoms. The minimum absolute atomic E-state index is 0.769. The molecule has 0 aliphatic carbocycles. The number of carbonyl (C=O) groups is 1. The summed E-state index contributed by atoms with van der Waals surface area (Å²) < 4.78 is 10.0. The molecule has 1 aromatic rings. The van der Waals surface area contributed by atoms with Crippen LogP contribution in [0, 0.1) is 0 Å². The highest BCUT2D eigenvalue weighted by Gasteiger charge is 1.97. The van der Waals surface area contributed by atoms with Crippen molar-refractivity contribution in [3.05, 3.63) is 24.3 Å². The summed E-state index contributed by atoms with van der Waals surface area (Å²) in [7, 11) is 3.25. The summed E-state index contributed by atoms with van der Waals surface area (Å²) in [5, 5.41) is 7.42. The number of para-hydroxylation sites is 2. The van der Waals surface area contributed by atoms with Gasteiger partial charge in [0.2, 0.25) is 0 Å². The van der Waals surface area contributed by atoms with E-state index in [1.54, 1.807) is 14.2 Å². The second kappa shape index (κ2) is 6.77. The molecule has 0 spiro atoms. The predicted molar refractivity (Wildman–Crippen MR) is 52.9 cm³/mol. The molecular formula is C10H14O4. The lowest BCUT2D eigenvalue weighted by Crippen LogP contribution is -1.88. The number of carboxylic acids is 1. The minimum Gasteiger partial charge on any atom is -0.493 e. The zero-order valence-electron chi connectivity index (χ0n) is 8.48. The van der Waals surface area contributed by atoms with Gasteiger partial charge in [0, 0.05) is 6.92 Å². The van der Waals surface area contributed by atoms with E-state index in [9.17, 15) is 0 Å². The van der Waals surface area contributed by atoms with Gasteiger partial charge < -0.3 is 14.6 Å². The SMILES string of the molecule is CC(=O)O.COc1ccccc1OC. The third kappa shape index (κ3) is 5.03. The van der Waals surface area contributed by atoms with Crippen LogP contribution in [-0.4, -0.2) is 25.3 Å². The van der Waals surface area contributed by atoms with E-state index in [0.717, 1.165) is 18.4 Å². The molecule has 78 valence electrons. The van der Waals surface area contributed by atoms with E-state index in [-0.39, 0.29) is 0 Å². The summed E-state index contributed by atoms with van der Waals surface area (Å²) in [4.78, 5) is 9.00. The number of carboxylic acid groups (broad SMARTS) is 1. The Hall–Kier alpha value is -1.71. The molecule has 0 heterocycles. The predicted octanol–water partition coefficient (Wildman–Crippen LogP) is 1.79. The van der Waals surface area contributed by atoms with Crippen LogP contribution in [0.15, 0.2) is 24.3 Å². The minimum atomic E-state index is -0.833. The second-order valence-corrected chi connectivity index (χ2v) is 2.37. The lowest BCUT2D eigenvalue weighted by molar-refractivity contribution is -0.134. The average Bonchev–Trinajstić information content (AvgIpc) is 2.17. The molecule has 0 amide bonds. The standard InChI is InChI=1S/C8H10O2.C2H4O2/c1-9-7-5-3-4-6-8(7)10-2;1-2(3)4/h3-6H,1-2H3;1H3,(H,3,4). The Labute approximate surface area is 83.1 Å². The van der Waals surface area contributed by atoms with Crippen molar-refractivity contribution in [3.8, 4) is 11.5 Å². The van der Waals surface area contributed by atoms with Crippen molar-refractivity contribution in [2.75, 3.05) is 14.2 Å². The summed E-state index contributed by atoms with van der Waals surface area (Å²) in [5.74, 6) is 0.704. The molecule has 4 nitrogen and oxygen atoms in total. The first-order valence-corrected chi connectivity index (χ1v) is 3.98. The van der Waals surface area contributed by atoms with Gasteiger partial charge in [-0.25, -0.2) is 0 Å². The first-order valence-electron chi connectivity index (χ1n) is 3.98. The molecule has 4 heteroatoms. The maximum atomic E-state index is 9.00. The van der Waals surface area contributed by atoms with E-state index in [1.807, 2.05) is 24.3 Å². The second-order valence-electron chi connectivity index (χ2n) is 2.37. The molecular weight excluding hydrogens is 184 g/mol. The molecule has 0 aliphatic heterocycles. The number of rotatable bonds is 2. The van der Waals surface area contributed by atoms with Crippen molar-refractivity contribution in [2.45, 2.75) is 6.92 Å². The third-order valence-corrected chi connectivity index (χ3v) is 1.29. The average molecular weight is 198 g/mol. The van der Waals surface area contributed by atoms with Gasteiger partial charge in [0.15, 0.2) is 11.5 Å². The fourth-order valence-electron chi connectivity index (χ4n) is 0.787. The number of methoxy groups -OCH3 is 2. The van der Waals surface area contributed by atoms with Gasteiger partial charge in [-0.15, -0.1) is 0 Å². The fraction of sp³-hybridized carbons (Fsp3) is 0.300. The Balaban J connectivity index is 0.000000364. The molecule has 0 aromatic heterocycles. The van der Waals surface area contributed by atoms with E-state index in [0.29, 0.717) is 0 Å². The van der Waals surface area contributed by atoms with Crippen LogP contribution in [0.25, 0.3) is 0 Å². The van der Waals surface area contributed by atoms with Gasteiger partial charge in [-0.05, 0) is 12.1 Å². The van der Waals surface area contributed by atoms with E-state index in [2.05, 4.69) is 0 Å². The highest BCUT2D eigenvalue weighted by molar-refractivity contribution is 5.62. The summed E-state index contributed by atoms with van der Waals surface area (Å²) in [6.45, 7) is 1.08.